The summed E-state index contributed by atoms with van der Waals surface area (Å²) in [5.41, 5.74) is 1.30. The number of carbonyl (C=O) groups excluding carboxylic acids is 3. The molecule has 10 heteroatoms. The number of rotatable bonds is 9. The van der Waals surface area contributed by atoms with Crippen LogP contribution >= 0.6 is 0 Å². The molecule has 0 bridgehead atoms. The molecular formula is C32H52FN5O4. The summed E-state index contributed by atoms with van der Waals surface area (Å²) in [5.74, 6) is -1.46. The van der Waals surface area contributed by atoms with Crippen molar-refractivity contribution in [2.75, 3.05) is 51.7 Å². The number of halogens is 1. The van der Waals surface area contributed by atoms with E-state index >= 15 is 0 Å². The first-order chi connectivity index (χ1) is 20.1. The van der Waals surface area contributed by atoms with Gasteiger partial charge < -0.3 is 20.3 Å². The highest BCUT2D eigenvalue weighted by atomic mass is 19.1. The van der Waals surface area contributed by atoms with Crippen LogP contribution in [0, 0.1) is 18.7 Å². The lowest BCUT2D eigenvalue weighted by atomic mass is 10.00. The number of benzene rings is 2. The third-order valence-corrected chi connectivity index (χ3v) is 7.02. The maximum absolute atomic E-state index is 14.3. The summed E-state index contributed by atoms with van der Waals surface area (Å²) in [6, 6.07) is 8.78. The molecule has 0 radical (unpaired) electrons. The second-order valence-corrected chi connectivity index (χ2v) is 10.3. The minimum Gasteiger partial charge on any atom is -0.492 e. The average molecular weight is 590 g/mol. The van der Waals surface area contributed by atoms with Crippen LogP contribution in [0.15, 0.2) is 42.5 Å². The number of nitrogens with zero attached hydrogens (tertiary/aromatic N) is 3. The largest absolute Gasteiger partial charge is 0.492 e. The molecule has 0 aromatic heterocycles. The second kappa shape index (κ2) is 16.8. The number of hydrogen-bond donors (Lipinski definition) is 2. The molecule has 2 aliphatic heterocycles. The van der Waals surface area contributed by atoms with E-state index in [2.05, 4.69) is 27.5 Å². The summed E-state index contributed by atoms with van der Waals surface area (Å²) in [5, 5.41) is 5.22. The van der Waals surface area contributed by atoms with Crippen LogP contribution in [-0.4, -0.2) is 85.0 Å². The number of amides is 4. The number of imide groups is 1. The second-order valence-electron chi connectivity index (χ2n) is 10.3. The number of piperazine rings is 1. The fraction of sp³-hybridized carbons (Fsp3) is 0.531. The third-order valence-electron chi connectivity index (χ3n) is 7.02. The molecule has 236 valence electrons. The first-order valence-corrected chi connectivity index (χ1v) is 15.0. The highest BCUT2D eigenvalue weighted by molar-refractivity contribution is 6.09. The van der Waals surface area contributed by atoms with Crippen molar-refractivity contribution in [2.24, 2.45) is 5.92 Å². The molecule has 2 atom stereocenters. The lowest BCUT2D eigenvalue weighted by Gasteiger charge is -2.32. The van der Waals surface area contributed by atoms with Gasteiger partial charge in [-0.2, -0.15) is 0 Å². The van der Waals surface area contributed by atoms with E-state index in [1.165, 1.54) is 12.1 Å². The summed E-state index contributed by atoms with van der Waals surface area (Å²) >= 11 is 0. The summed E-state index contributed by atoms with van der Waals surface area (Å²) < 4.78 is 20.2. The zero-order valence-corrected chi connectivity index (χ0v) is 26.4. The fourth-order valence-corrected chi connectivity index (χ4v) is 4.75. The molecule has 2 heterocycles. The van der Waals surface area contributed by atoms with Gasteiger partial charge in [0.25, 0.3) is 5.91 Å². The summed E-state index contributed by atoms with van der Waals surface area (Å²) in [7, 11) is 2.12. The standard InChI is InChI=1S/C28H36FN5O4.2C2H6.2H2/c1-18(2)25(26(35)30-23-10-5-19(3)17-22(23)29)34-27(36)24(31-28(34)37)20-6-8-21(9-7-20)38-16-15-33-13-11-32(4)12-14-33;2*1-2;;/h5-10,17-18,24-25H,11-16H2,1-4H3,(H,30,35)(H,31,37);2*1-2H3;2*1H/t24?,25-;;;;/m0..../s1. The Morgan fingerprint density at radius 2 is 1.67 bits per heavy atom. The zero-order chi connectivity index (χ0) is 31.4. The molecule has 0 saturated carbocycles. The van der Waals surface area contributed by atoms with Gasteiger partial charge in [-0.1, -0.05) is 59.7 Å². The normalized spacial score (nSPS) is 18.0. The number of urea groups is 1. The Hall–Kier alpha value is -3.50. The van der Waals surface area contributed by atoms with E-state index in [0.29, 0.717) is 23.5 Å². The minimum absolute atomic E-state index is 0. The van der Waals surface area contributed by atoms with Gasteiger partial charge in [-0.25, -0.2) is 14.1 Å². The summed E-state index contributed by atoms with van der Waals surface area (Å²) in [6.07, 6.45) is 0. The van der Waals surface area contributed by atoms with Gasteiger partial charge in [0.05, 0.1) is 5.69 Å². The number of likely N-dealkylation sites (N-methyl/N-ethyl adjacent to an activating group) is 1. The van der Waals surface area contributed by atoms with Gasteiger partial charge >= 0.3 is 6.03 Å². The van der Waals surface area contributed by atoms with E-state index < -0.39 is 41.7 Å². The minimum atomic E-state index is -1.11. The van der Waals surface area contributed by atoms with Crippen molar-refractivity contribution in [1.29, 1.82) is 0 Å². The predicted molar refractivity (Wildman–Crippen MR) is 169 cm³/mol. The lowest BCUT2D eigenvalue weighted by molar-refractivity contribution is -0.135. The molecule has 9 nitrogen and oxygen atoms in total. The van der Waals surface area contributed by atoms with Crippen molar-refractivity contribution < 1.29 is 26.4 Å². The highest BCUT2D eigenvalue weighted by Crippen LogP contribution is 2.28. The molecule has 2 saturated heterocycles. The van der Waals surface area contributed by atoms with Gasteiger partial charge in [-0.3, -0.25) is 14.5 Å². The molecule has 2 fully saturated rings. The molecule has 4 amide bonds. The first-order valence-electron chi connectivity index (χ1n) is 15.0. The van der Waals surface area contributed by atoms with Gasteiger partial charge in [-0.05, 0) is 55.3 Å². The molecule has 4 rings (SSSR count). The molecule has 1 unspecified atom stereocenters. The Labute approximate surface area is 253 Å². The van der Waals surface area contributed by atoms with E-state index in [0.717, 1.165) is 37.6 Å². The van der Waals surface area contributed by atoms with Crippen molar-refractivity contribution in [1.82, 2.24) is 20.0 Å². The highest BCUT2D eigenvalue weighted by Gasteiger charge is 2.46. The SMILES string of the molecule is CC.CC.Cc1ccc(NC(=O)[C@H](C(C)C)N2C(=O)NC(c3ccc(OCCN4CCN(C)CC4)cc3)C2=O)c(F)c1.[HH].[HH]. The Kier molecular flexibility index (Phi) is 13.9. The zero-order valence-electron chi connectivity index (χ0n) is 26.4. The van der Waals surface area contributed by atoms with Crippen LogP contribution < -0.4 is 15.4 Å². The molecule has 2 aliphatic rings. The van der Waals surface area contributed by atoms with Gasteiger partial charge in [0, 0.05) is 35.6 Å². The molecule has 0 spiro atoms. The molecule has 2 N–H and O–H groups in total. The Morgan fingerprint density at radius 1 is 1.05 bits per heavy atom. The van der Waals surface area contributed by atoms with E-state index in [1.54, 1.807) is 51.1 Å². The monoisotopic (exact) mass is 589 g/mol. The van der Waals surface area contributed by atoms with Crippen molar-refractivity contribution >= 4 is 23.5 Å². The van der Waals surface area contributed by atoms with Gasteiger partial charge in [0.2, 0.25) is 5.91 Å². The molecule has 2 aromatic rings. The van der Waals surface area contributed by atoms with E-state index in [-0.39, 0.29) is 8.54 Å². The van der Waals surface area contributed by atoms with Crippen LogP contribution in [0.1, 0.15) is 61.6 Å². The molecule has 0 aliphatic carbocycles. The number of hydrogen-bond acceptors (Lipinski definition) is 6. The molecular weight excluding hydrogens is 537 g/mol. The fourth-order valence-electron chi connectivity index (χ4n) is 4.75. The summed E-state index contributed by atoms with van der Waals surface area (Å²) in [4.78, 5) is 44.9. The number of nitrogens with one attached hydrogen (secondary N) is 2. The first kappa shape index (κ1) is 34.7. The van der Waals surface area contributed by atoms with Crippen molar-refractivity contribution in [3.05, 3.63) is 59.4 Å². The van der Waals surface area contributed by atoms with Gasteiger partial charge in [-0.15, -0.1) is 0 Å². The Balaban J connectivity index is 0.00000296. The van der Waals surface area contributed by atoms with Crippen LogP contribution in [-0.2, 0) is 9.59 Å². The maximum atomic E-state index is 14.3. The third kappa shape index (κ3) is 9.00. The molecule has 2 aromatic carbocycles. The lowest BCUT2D eigenvalue weighted by Crippen LogP contribution is -2.50. The summed E-state index contributed by atoms with van der Waals surface area (Å²) in [6.45, 7) is 18.8. The van der Waals surface area contributed by atoms with Crippen molar-refractivity contribution in [3.63, 3.8) is 0 Å². The maximum Gasteiger partial charge on any atom is 0.325 e. The smallest absolute Gasteiger partial charge is 0.325 e. The van der Waals surface area contributed by atoms with Crippen LogP contribution in [0.4, 0.5) is 14.9 Å². The number of aryl methyl sites for hydroxylation is 1. The van der Waals surface area contributed by atoms with E-state index in [1.807, 2.05) is 27.7 Å². The van der Waals surface area contributed by atoms with Crippen LogP contribution in [0.5, 0.6) is 5.75 Å². The van der Waals surface area contributed by atoms with E-state index in [9.17, 15) is 18.8 Å². The number of anilines is 1. The number of carbonyl (C=O) groups is 3. The molecule has 42 heavy (non-hydrogen) atoms. The Bertz CT molecular complexity index is 1180. The van der Waals surface area contributed by atoms with Crippen molar-refractivity contribution in [2.45, 2.75) is 60.5 Å². The van der Waals surface area contributed by atoms with Crippen LogP contribution in [0.2, 0.25) is 0 Å². The number of ether oxygens (including phenoxy) is 1. The Morgan fingerprint density at radius 3 is 2.24 bits per heavy atom. The average Bonchev–Trinajstić information content (AvgIpc) is 3.27. The topological polar surface area (TPSA) is 94.2 Å². The predicted octanol–water partition coefficient (Wildman–Crippen LogP) is 5.56. The van der Waals surface area contributed by atoms with E-state index in [4.69, 9.17) is 4.74 Å². The van der Waals surface area contributed by atoms with Crippen LogP contribution in [0.3, 0.4) is 0 Å². The van der Waals surface area contributed by atoms with Crippen molar-refractivity contribution in [3.8, 4) is 5.75 Å². The van der Waals surface area contributed by atoms with Gasteiger partial charge in [0.15, 0.2) is 0 Å². The van der Waals surface area contributed by atoms with Gasteiger partial charge in [0.1, 0.15) is 30.3 Å². The quantitative estimate of drug-likeness (QED) is 0.372. The van der Waals surface area contributed by atoms with Crippen LogP contribution in [0.25, 0.3) is 0 Å².